The Hall–Kier alpha value is -2.59. The lowest BCUT2D eigenvalue weighted by molar-refractivity contribution is -0.118. The third kappa shape index (κ3) is 5.44. The number of nitrogens with zero attached hydrogens (tertiary/aromatic N) is 3. The Kier molecular flexibility index (Phi) is 6.30. The number of hydrogen-bond acceptors (Lipinski definition) is 6. The molecule has 1 saturated carbocycles. The fourth-order valence-electron chi connectivity index (χ4n) is 2.57. The Balaban J connectivity index is 1.47. The molecule has 1 aliphatic carbocycles. The van der Waals surface area contributed by atoms with Crippen LogP contribution in [0.5, 0.6) is 5.75 Å². The molecule has 1 aromatic heterocycles. The molecule has 1 heterocycles. The molecule has 27 heavy (non-hydrogen) atoms. The number of aromatic nitrogens is 2. The normalized spacial score (nSPS) is 13.1. The Morgan fingerprint density at radius 2 is 2.19 bits per heavy atom. The summed E-state index contributed by atoms with van der Waals surface area (Å²) in [5, 5.41) is 12.8. The second-order valence-electron chi connectivity index (χ2n) is 6.54. The lowest BCUT2D eigenvalue weighted by Crippen LogP contribution is -2.29. The number of carbonyl (C=O) groups is 1. The maximum absolute atomic E-state index is 12.1. The molecule has 3 rings (SSSR count). The van der Waals surface area contributed by atoms with E-state index in [9.17, 15) is 10.1 Å². The number of carbonyl (C=O) groups excluding carboxylic acids is 1. The van der Waals surface area contributed by atoms with Gasteiger partial charge in [0.2, 0.25) is 5.91 Å². The quantitative estimate of drug-likeness (QED) is 0.429. The summed E-state index contributed by atoms with van der Waals surface area (Å²) in [5.41, 5.74) is 2.27. The molecule has 0 radical (unpaired) electrons. The SMILES string of the molecule is Cc1cccc(OCCNC(=O)CSc2nc(C3CC3)nc(C)c2C#N)c1. The van der Waals surface area contributed by atoms with E-state index in [0.717, 1.165) is 30.0 Å². The molecule has 1 amide bonds. The van der Waals surface area contributed by atoms with Crippen LogP contribution in [0, 0.1) is 25.2 Å². The van der Waals surface area contributed by atoms with E-state index in [4.69, 9.17) is 4.74 Å². The van der Waals surface area contributed by atoms with Gasteiger partial charge in [0, 0.05) is 5.92 Å². The molecule has 7 heteroatoms. The van der Waals surface area contributed by atoms with Crippen molar-refractivity contribution in [3.63, 3.8) is 0 Å². The monoisotopic (exact) mass is 382 g/mol. The molecule has 0 aliphatic heterocycles. The van der Waals surface area contributed by atoms with E-state index in [1.165, 1.54) is 11.8 Å². The smallest absolute Gasteiger partial charge is 0.230 e. The third-order valence-corrected chi connectivity index (χ3v) is 5.13. The first kappa shape index (κ1) is 19.2. The highest BCUT2D eigenvalue weighted by Gasteiger charge is 2.28. The molecule has 6 nitrogen and oxygen atoms in total. The fraction of sp³-hybridized carbons (Fsp3) is 0.400. The van der Waals surface area contributed by atoms with E-state index in [2.05, 4.69) is 21.4 Å². The molecule has 0 unspecified atom stereocenters. The van der Waals surface area contributed by atoms with Crippen LogP contribution in [-0.4, -0.2) is 34.8 Å². The van der Waals surface area contributed by atoms with E-state index >= 15 is 0 Å². The minimum absolute atomic E-state index is 0.110. The van der Waals surface area contributed by atoms with Gasteiger partial charge in [-0.2, -0.15) is 5.26 Å². The predicted molar refractivity (Wildman–Crippen MR) is 104 cm³/mol. The Labute approximate surface area is 163 Å². The highest BCUT2D eigenvalue weighted by atomic mass is 32.2. The maximum Gasteiger partial charge on any atom is 0.230 e. The van der Waals surface area contributed by atoms with Crippen LogP contribution in [0.15, 0.2) is 29.3 Å². The van der Waals surface area contributed by atoms with Gasteiger partial charge in [0.25, 0.3) is 0 Å². The van der Waals surface area contributed by atoms with Crippen LogP contribution < -0.4 is 10.1 Å². The van der Waals surface area contributed by atoms with Crippen molar-refractivity contribution < 1.29 is 9.53 Å². The molecule has 0 atom stereocenters. The van der Waals surface area contributed by atoms with Gasteiger partial charge in [-0.3, -0.25) is 4.79 Å². The topological polar surface area (TPSA) is 87.9 Å². The van der Waals surface area contributed by atoms with Crippen molar-refractivity contribution in [3.05, 3.63) is 46.9 Å². The van der Waals surface area contributed by atoms with E-state index in [1.54, 1.807) is 0 Å². The number of nitrogens with one attached hydrogen (secondary N) is 1. The van der Waals surface area contributed by atoms with Crippen LogP contribution in [0.25, 0.3) is 0 Å². The van der Waals surface area contributed by atoms with Gasteiger partial charge < -0.3 is 10.1 Å². The molecular weight excluding hydrogens is 360 g/mol. The first-order chi connectivity index (χ1) is 13.1. The Morgan fingerprint density at radius 3 is 2.89 bits per heavy atom. The largest absolute Gasteiger partial charge is 0.492 e. The van der Waals surface area contributed by atoms with Gasteiger partial charge in [0.15, 0.2) is 0 Å². The van der Waals surface area contributed by atoms with Gasteiger partial charge >= 0.3 is 0 Å². The average molecular weight is 382 g/mol. The summed E-state index contributed by atoms with van der Waals surface area (Å²) in [6.07, 6.45) is 2.19. The van der Waals surface area contributed by atoms with E-state index in [0.29, 0.717) is 35.4 Å². The van der Waals surface area contributed by atoms with Crippen LogP contribution >= 0.6 is 11.8 Å². The third-order valence-electron chi connectivity index (χ3n) is 4.15. The molecule has 0 saturated heterocycles. The number of benzene rings is 1. The molecule has 1 fully saturated rings. The van der Waals surface area contributed by atoms with Crippen LogP contribution in [0.1, 0.15) is 41.4 Å². The van der Waals surface area contributed by atoms with Crippen LogP contribution in [0.4, 0.5) is 0 Å². The standard InChI is InChI=1S/C20H22N4O2S/c1-13-4-3-5-16(10-13)26-9-8-22-18(25)12-27-20-17(11-21)14(2)23-19(24-20)15-6-7-15/h3-5,10,15H,6-9,12H2,1-2H3,(H,22,25). The van der Waals surface area contributed by atoms with Gasteiger partial charge in [0.1, 0.15) is 34.8 Å². The molecule has 0 spiro atoms. The lowest BCUT2D eigenvalue weighted by Gasteiger charge is -2.09. The van der Waals surface area contributed by atoms with E-state index in [-0.39, 0.29) is 11.7 Å². The number of thioether (sulfide) groups is 1. The Morgan fingerprint density at radius 1 is 1.37 bits per heavy atom. The highest BCUT2D eigenvalue weighted by molar-refractivity contribution is 8.00. The number of aryl methyl sites for hydroxylation is 2. The summed E-state index contributed by atoms with van der Waals surface area (Å²) < 4.78 is 5.62. The molecule has 2 aromatic rings. The first-order valence-electron chi connectivity index (χ1n) is 8.94. The number of nitriles is 1. The molecule has 140 valence electrons. The number of rotatable bonds is 8. The van der Waals surface area contributed by atoms with Crippen LogP contribution in [-0.2, 0) is 4.79 Å². The van der Waals surface area contributed by atoms with Gasteiger partial charge in [-0.05, 0) is 44.4 Å². The molecule has 1 aromatic carbocycles. The van der Waals surface area contributed by atoms with Crippen molar-refractivity contribution in [3.8, 4) is 11.8 Å². The van der Waals surface area contributed by atoms with E-state index in [1.807, 2.05) is 38.1 Å². The molecule has 0 bridgehead atoms. The average Bonchev–Trinajstić information content (AvgIpc) is 3.48. The van der Waals surface area contributed by atoms with Crippen molar-refractivity contribution in [2.45, 2.75) is 37.6 Å². The number of amides is 1. The minimum Gasteiger partial charge on any atom is -0.492 e. The first-order valence-corrected chi connectivity index (χ1v) is 9.93. The van der Waals surface area contributed by atoms with Gasteiger partial charge in [-0.1, -0.05) is 23.9 Å². The van der Waals surface area contributed by atoms with E-state index < -0.39 is 0 Å². The lowest BCUT2D eigenvalue weighted by atomic mass is 10.2. The van der Waals surface area contributed by atoms with Crippen LogP contribution in [0.3, 0.4) is 0 Å². The maximum atomic E-state index is 12.1. The zero-order valence-electron chi connectivity index (χ0n) is 15.5. The second kappa shape index (κ2) is 8.87. The van der Waals surface area contributed by atoms with Gasteiger partial charge in [-0.25, -0.2) is 9.97 Å². The second-order valence-corrected chi connectivity index (χ2v) is 7.50. The zero-order chi connectivity index (χ0) is 19.2. The van der Waals surface area contributed by atoms with Crippen molar-refractivity contribution in [2.24, 2.45) is 0 Å². The number of hydrogen-bond donors (Lipinski definition) is 1. The van der Waals surface area contributed by atoms with Crippen molar-refractivity contribution in [2.75, 3.05) is 18.9 Å². The van der Waals surface area contributed by atoms with Gasteiger partial charge in [0.05, 0.1) is 18.0 Å². The molecular formula is C20H22N4O2S. The number of ether oxygens (including phenoxy) is 1. The summed E-state index contributed by atoms with van der Waals surface area (Å²) in [6.45, 7) is 4.65. The summed E-state index contributed by atoms with van der Waals surface area (Å²) in [5.74, 6) is 2.09. The van der Waals surface area contributed by atoms with Crippen molar-refractivity contribution >= 4 is 17.7 Å². The zero-order valence-corrected chi connectivity index (χ0v) is 16.3. The van der Waals surface area contributed by atoms with Gasteiger partial charge in [-0.15, -0.1) is 0 Å². The molecule has 1 aliphatic rings. The fourth-order valence-corrected chi connectivity index (χ4v) is 3.44. The summed E-state index contributed by atoms with van der Waals surface area (Å²) in [4.78, 5) is 21.0. The summed E-state index contributed by atoms with van der Waals surface area (Å²) in [7, 11) is 0. The van der Waals surface area contributed by atoms with Crippen molar-refractivity contribution in [1.82, 2.24) is 15.3 Å². The predicted octanol–water partition coefficient (Wildman–Crippen LogP) is 3.13. The minimum atomic E-state index is -0.110. The summed E-state index contributed by atoms with van der Waals surface area (Å²) >= 11 is 1.28. The highest BCUT2D eigenvalue weighted by Crippen LogP contribution is 2.39. The molecule has 1 N–H and O–H groups in total. The Bertz CT molecular complexity index is 875. The summed E-state index contributed by atoms with van der Waals surface area (Å²) in [6, 6.07) is 9.94. The van der Waals surface area contributed by atoms with Crippen LogP contribution in [0.2, 0.25) is 0 Å². The van der Waals surface area contributed by atoms with Crippen molar-refractivity contribution in [1.29, 1.82) is 5.26 Å².